The fourth-order valence-electron chi connectivity index (χ4n) is 7.15. The van der Waals surface area contributed by atoms with E-state index in [4.69, 9.17) is 14.2 Å². The maximum Gasteiger partial charge on any atom is 0.306 e. The number of rotatable bonds is 45. The van der Waals surface area contributed by atoms with Crippen LogP contribution in [0.25, 0.3) is 0 Å². The van der Waals surface area contributed by atoms with Crippen LogP contribution in [0.1, 0.15) is 265 Å². The molecule has 0 aromatic heterocycles. The molecule has 0 fully saturated rings. The Hall–Kier alpha value is -1.36. The van der Waals surface area contributed by atoms with E-state index < -0.39 is 6.10 Å². The van der Waals surface area contributed by atoms with Gasteiger partial charge in [-0.1, -0.05) is 219 Å². The van der Waals surface area contributed by atoms with Crippen LogP contribution in [0, 0.1) is 0 Å². The molecule has 5 nitrogen and oxygen atoms in total. The molecule has 0 saturated carbocycles. The van der Waals surface area contributed by atoms with Gasteiger partial charge >= 0.3 is 11.9 Å². The first-order chi connectivity index (χ1) is 26.6. The molecule has 320 valence electrons. The minimum Gasteiger partial charge on any atom is -0.462 e. The number of ether oxygens (including phenoxy) is 3. The van der Waals surface area contributed by atoms with Crippen LogP contribution >= 0.6 is 0 Å². The zero-order chi connectivity index (χ0) is 39.3. The SMILES string of the molecule is CCCCCC/C=C\CCCCCCCCOCC(COC(=O)CCCCCCCCCCCCCCCCC)OC(=O)CCCCCCCCCCC. The number of allylic oxidation sites excluding steroid dienone is 2. The van der Waals surface area contributed by atoms with Crippen LogP contribution < -0.4 is 0 Å². The molecule has 0 aromatic carbocycles. The second-order valence-electron chi connectivity index (χ2n) is 16.4. The molecule has 0 amide bonds. The second kappa shape index (κ2) is 46.0. The van der Waals surface area contributed by atoms with Gasteiger partial charge in [0.05, 0.1) is 6.61 Å². The molecule has 0 heterocycles. The molecule has 1 unspecified atom stereocenters. The van der Waals surface area contributed by atoms with Gasteiger partial charge in [-0.05, 0) is 44.9 Å². The maximum atomic E-state index is 12.7. The first-order valence-electron chi connectivity index (χ1n) is 24.2. The van der Waals surface area contributed by atoms with Gasteiger partial charge in [0.25, 0.3) is 0 Å². The fourth-order valence-corrected chi connectivity index (χ4v) is 7.15. The van der Waals surface area contributed by atoms with Gasteiger partial charge in [-0.3, -0.25) is 9.59 Å². The van der Waals surface area contributed by atoms with Crippen LogP contribution in [-0.4, -0.2) is 37.9 Å². The molecule has 0 aromatic rings. The lowest BCUT2D eigenvalue weighted by Crippen LogP contribution is -2.30. The van der Waals surface area contributed by atoms with E-state index in [1.165, 1.54) is 193 Å². The number of carbonyl (C=O) groups is 2. The van der Waals surface area contributed by atoms with Crippen molar-refractivity contribution in [2.75, 3.05) is 19.8 Å². The number of carbonyl (C=O) groups excluding carboxylic acids is 2. The van der Waals surface area contributed by atoms with Gasteiger partial charge in [0.1, 0.15) is 6.61 Å². The monoisotopic (exact) mass is 763 g/mol. The number of hydrogen-bond donors (Lipinski definition) is 0. The lowest BCUT2D eigenvalue weighted by Gasteiger charge is -2.18. The highest BCUT2D eigenvalue weighted by atomic mass is 16.6. The van der Waals surface area contributed by atoms with Crippen molar-refractivity contribution < 1.29 is 23.8 Å². The van der Waals surface area contributed by atoms with Crippen LogP contribution in [0.3, 0.4) is 0 Å². The lowest BCUT2D eigenvalue weighted by molar-refractivity contribution is -0.163. The number of hydrogen-bond acceptors (Lipinski definition) is 5. The van der Waals surface area contributed by atoms with Gasteiger partial charge in [-0.15, -0.1) is 0 Å². The largest absolute Gasteiger partial charge is 0.462 e. The van der Waals surface area contributed by atoms with E-state index in [0.29, 0.717) is 26.1 Å². The summed E-state index contributed by atoms with van der Waals surface area (Å²) in [6, 6.07) is 0. The van der Waals surface area contributed by atoms with Crippen molar-refractivity contribution >= 4 is 11.9 Å². The lowest BCUT2D eigenvalue weighted by atomic mass is 10.0. The molecular weight excluding hydrogens is 669 g/mol. The summed E-state index contributed by atoms with van der Waals surface area (Å²) >= 11 is 0. The molecule has 5 heteroatoms. The zero-order valence-corrected chi connectivity index (χ0v) is 36.8. The summed E-state index contributed by atoms with van der Waals surface area (Å²) in [6.45, 7) is 7.83. The van der Waals surface area contributed by atoms with Crippen molar-refractivity contribution in [3.8, 4) is 0 Å². The van der Waals surface area contributed by atoms with Gasteiger partial charge in [0.2, 0.25) is 0 Å². The van der Waals surface area contributed by atoms with E-state index in [1.807, 2.05) is 0 Å². The van der Waals surface area contributed by atoms with E-state index in [0.717, 1.165) is 38.5 Å². The molecule has 0 spiro atoms. The zero-order valence-electron chi connectivity index (χ0n) is 36.8. The van der Waals surface area contributed by atoms with Crippen LogP contribution in [0.5, 0.6) is 0 Å². The summed E-state index contributed by atoms with van der Waals surface area (Å²) in [4.78, 5) is 25.2. The predicted octanol–water partition coefficient (Wildman–Crippen LogP) is 15.9. The number of esters is 2. The van der Waals surface area contributed by atoms with Crippen molar-refractivity contribution in [2.45, 2.75) is 271 Å². The Morgan fingerprint density at radius 1 is 0.389 bits per heavy atom. The standard InChI is InChI=1S/C49H94O5/c1-4-7-10-13-16-19-21-23-25-26-28-31-33-36-39-42-48(50)53-46-47(54-49(51)43-40-37-34-30-18-15-12-9-6-3)45-52-44-41-38-35-32-29-27-24-22-20-17-14-11-8-5-2/h20,22,47H,4-19,21,23-46H2,1-3H3/b22-20-. The first-order valence-corrected chi connectivity index (χ1v) is 24.2. The molecule has 0 radical (unpaired) electrons. The smallest absolute Gasteiger partial charge is 0.306 e. The molecule has 0 aliphatic carbocycles. The molecular formula is C49H94O5. The molecule has 0 rings (SSSR count). The molecule has 0 aliphatic rings. The van der Waals surface area contributed by atoms with E-state index in [9.17, 15) is 9.59 Å². The maximum absolute atomic E-state index is 12.7. The van der Waals surface area contributed by atoms with Crippen LogP contribution in [0.2, 0.25) is 0 Å². The fraction of sp³-hybridized carbons (Fsp3) is 0.918. The molecule has 0 saturated heterocycles. The Balaban J connectivity index is 4.16. The van der Waals surface area contributed by atoms with Crippen molar-refractivity contribution in [3.05, 3.63) is 12.2 Å². The molecule has 54 heavy (non-hydrogen) atoms. The van der Waals surface area contributed by atoms with E-state index in [-0.39, 0.29) is 18.5 Å². The number of unbranched alkanes of at least 4 members (excludes halogenated alkanes) is 32. The Labute approximate surface area is 337 Å². The van der Waals surface area contributed by atoms with E-state index in [2.05, 4.69) is 32.9 Å². The van der Waals surface area contributed by atoms with Gasteiger partial charge in [0.15, 0.2) is 6.10 Å². The third-order valence-electron chi connectivity index (χ3n) is 10.8. The third kappa shape index (κ3) is 43.4. The Morgan fingerprint density at radius 2 is 0.722 bits per heavy atom. The summed E-state index contributed by atoms with van der Waals surface area (Å²) < 4.78 is 17.3. The van der Waals surface area contributed by atoms with Crippen LogP contribution in [0.4, 0.5) is 0 Å². The highest BCUT2D eigenvalue weighted by molar-refractivity contribution is 5.70. The quantitative estimate of drug-likeness (QED) is 0.0351. The Kier molecular flexibility index (Phi) is 44.9. The van der Waals surface area contributed by atoms with Crippen molar-refractivity contribution in [1.29, 1.82) is 0 Å². The highest BCUT2D eigenvalue weighted by Crippen LogP contribution is 2.15. The summed E-state index contributed by atoms with van der Waals surface area (Å²) in [5.41, 5.74) is 0. The third-order valence-corrected chi connectivity index (χ3v) is 10.8. The summed E-state index contributed by atoms with van der Waals surface area (Å²) in [6.07, 6.45) is 50.7. The normalized spacial score (nSPS) is 12.1. The molecule has 1 atom stereocenters. The molecule has 0 aliphatic heterocycles. The minimum absolute atomic E-state index is 0.0915. The van der Waals surface area contributed by atoms with Crippen molar-refractivity contribution in [2.24, 2.45) is 0 Å². The average Bonchev–Trinajstić information content (AvgIpc) is 3.17. The van der Waals surface area contributed by atoms with E-state index in [1.54, 1.807) is 0 Å². The Bertz CT molecular complexity index is 780. The van der Waals surface area contributed by atoms with Gasteiger partial charge in [-0.25, -0.2) is 0 Å². The van der Waals surface area contributed by atoms with Crippen molar-refractivity contribution in [1.82, 2.24) is 0 Å². The first kappa shape index (κ1) is 52.6. The second-order valence-corrected chi connectivity index (χ2v) is 16.4. The Morgan fingerprint density at radius 3 is 1.15 bits per heavy atom. The van der Waals surface area contributed by atoms with Crippen LogP contribution in [-0.2, 0) is 23.8 Å². The molecule has 0 bridgehead atoms. The van der Waals surface area contributed by atoms with Gasteiger partial charge in [0, 0.05) is 19.4 Å². The minimum atomic E-state index is -0.527. The topological polar surface area (TPSA) is 61.8 Å². The van der Waals surface area contributed by atoms with E-state index >= 15 is 0 Å². The molecule has 0 N–H and O–H groups in total. The average molecular weight is 763 g/mol. The van der Waals surface area contributed by atoms with Crippen molar-refractivity contribution in [3.63, 3.8) is 0 Å². The summed E-state index contributed by atoms with van der Waals surface area (Å²) in [5, 5.41) is 0. The van der Waals surface area contributed by atoms with Gasteiger partial charge in [-0.2, -0.15) is 0 Å². The summed E-state index contributed by atoms with van der Waals surface area (Å²) in [7, 11) is 0. The van der Waals surface area contributed by atoms with Crippen LogP contribution in [0.15, 0.2) is 12.2 Å². The van der Waals surface area contributed by atoms with Gasteiger partial charge < -0.3 is 14.2 Å². The summed E-state index contributed by atoms with van der Waals surface area (Å²) in [5.74, 6) is -0.386. The highest BCUT2D eigenvalue weighted by Gasteiger charge is 2.17. The predicted molar refractivity (Wildman–Crippen MR) is 233 cm³/mol.